The number of ether oxygens (including phenoxy) is 1. The number of hydrogen-bond acceptors (Lipinski definition) is 3. The fourth-order valence-electron chi connectivity index (χ4n) is 0.870. The van der Waals surface area contributed by atoms with Gasteiger partial charge in [0.25, 0.3) is 0 Å². The van der Waals surface area contributed by atoms with Gasteiger partial charge in [0.15, 0.2) is 0 Å². The zero-order valence-electron chi connectivity index (χ0n) is 11.1. The van der Waals surface area contributed by atoms with Crippen LogP contribution in [-0.4, -0.2) is 31.1 Å². The highest BCUT2D eigenvalue weighted by Crippen LogP contribution is 1.98. The first-order valence-electron chi connectivity index (χ1n) is 5.62. The van der Waals surface area contributed by atoms with Crippen LogP contribution in [-0.2, 0) is 20.9 Å². The highest BCUT2D eigenvalue weighted by Gasteiger charge is 1.88. The summed E-state index contributed by atoms with van der Waals surface area (Å²) in [5, 5.41) is 9.79. The lowest BCUT2D eigenvalue weighted by Gasteiger charge is -1.95. The number of amides is 1. The summed E-state index contributed by atoms with van der Waals surface area (Å²) in [6, 6.07) is 10.1. The molecule has 2 N–H and O–H groups in total. The molecule has 1 aromatic rings. The summed E-state index contributed by atoms with van der Waals surface area (Å²) < 4.78 is 4.93. The minimum Gasteiger partial charge on any atom is -0.480 e. The Morgan fingerprint density at radius 2 is 1.89 bits per heavy atom. The van der Waals surface area contributed by atoms with Crippen LogP contribution in [0, 0.1) is 0 Å². The maximum absolute atomic E-state index is 9.54. The van der Waals surface area contributed by atoms with Crippen molar-refractivity contribution in [3.63, 3.8) is 0 Å². The Hall–Kier alpha value is -1.88. The number of carbonyl (C=O) groups excluding carboxylic acids is 1. The van der Waals surface area contributed by atoms with Crippen LogP contribution in [0.15, 0.2) is 30.3 Å². The van der Waals surface area contributed by atoms with Gasteiger partial charge in [-0.1, -0.05) is 44.2 Å². The van der Waals surface area contributed by atoms with Gasteiger partial charge >= 0.3 is 5.97 Å². The highest BCUT2D eigenvalue weighted by molar-refractivity contribution is 5.71. The monoisotopic (exact) mass is 255 g/mol. The van der Waals surface area contributed by atoms with Gasteiger partial charge < -0.3 is 15.2 Å². The molecule has 0 aliphatic rings. The number of rotatable bonds is 5. The number of methoxy groups -OCH3 is 1. The molecular weight excluding hydrogens is 234 g/mol. The largest absolute Gasteiger partial charge is 0.480 e. The average Bonchev–Trinajstić information content (AvgIpc) is 2.41. The summed E-state index contributed by atoms with van der Waals surface area (Å²) in [4.78, 5) is 18.9. The first kappa shape index (κ1) is 18.5. The molecule has 1 aromatic carbocycles. The molecule has 0 bridgehead atoms. The van der Waals surface area contributed by atoms with Crippen molar-refractivity contribution >= 4 is 12.4 Å². The molecule has 0 aliphatic carbocycles. The number of benzene rings is 1. The smallest absolute Gasteiger partial charge is 0.322 e. The number of aliphatic carboxylic acids is 1. The van der Waals surface area contributed by atoms with Gasteiger partial charge in [0.2, 0.25) is 6.41 Å². The van der Waals surface area contributed by atoms with E-state index in [9.17, 15) is 9.59 Å². The van der Waals surface area contributed by atoms with Gasteiger partial charge in [0.1, 0.15) is 6.54 Å². The van der Waals surface area contributed by atoms with Crippen molar-refractivity contribution in [2.75, 3.05) is 13.7 Å². The lowest BCUT2D eigenvalue weighted by molar-refractivity contribution is -0.136. The molecule has 0 saturated heterocycles. The van der Waals surface area contributed by atoms with Crippen LogP contribution >= 0.6 is 0 Å². The molecule has 0 spiro atoms. The van der Waals surface area contributed by atoms with Gasteiger partial charge in [-0.3, -0.25) is 9.59 Å². The van der Waals surface area contributed by atoms with Crippen molar-refractivity contribution in [3.05, 3.63) is 35.9 Å². The second kappa shape index (κ2) is 15.1. The van der Waals surface area contributed by atoms with Crippen molar-refractivity contribution in [3.8, 4) is 0 Å². The summed E-state index contributed by atoms with van der Waals surface area (Å²) in [6.07, 6.45) is 0.341. The standard InChI is InChI=1S/C8H10O.C3H5NO3.C2H6/c1-9-7-8-5-3-2-4-6-8;5-2-4-1-3(6)7;1-2/h2-6H,7H2,1H3;2H,1H2,(H,4,5)(H,6,7);1-2H3. The van der Waals surface area contributed by atoms with E-state index in [4.69, 9.17) is 9.84 Å². The van der Waals surface area contributed by atoms with Gasteiger partial charge in [-0.15, -0.1) is 0 Å². The summed E-state index contributed by atoms with van der Waals surface area (Å²) >= 11 is 0. The number of carboxylic acid groups (broad SMARTS) is 1. The molecule has 0 radical (unpaired) electrons. The first-order valence-corrected chi connectivity index (χ1v) is 5.62. The average molecular weight is 255 g/mol. The van der Waals surface area contributed by atoms with Crippen LogP contribution in [0.3, 0.4) is 0 Å². The molecule has 18 heavy (non-hydrogen) atoms. The molecule has 1 amide bonds. The van der Waals surface area contributed by atoms with E-state index in [0.29, 0.717) is 13.0 Å². The van der Waals surface area contributed by atoms with Gasteiger partial charge in [-0.2, -0.15) is 0 Å². The van der Waals surface area contributed by atoms with Crippen LogP contribution in [0.2, 0.25) is 0 Å². The van der Waals surface area contributed by atoms with Crippen molar-refractivity contribution in [1.29, 1.82) is 0 Å². The van der Waals surface area contributed by atoms with E-state index in [0.717, 1.165) is 0 Å². The van der Waals surface area contributed by atoms with Crippen molar-refractivity contribution in [2.24, 2.45) is 0 Å². The van der Waals surface area contributed by atoms with Gasteiger partial charge in [0, 0.05) is 7.11 Å². The van der Waals surface area contributed by atoms with E-state index < -0.39 is 5.97 Å². The van der Waals surface area contributed by atoms with Crippen molar-refractivity contribution in [1.82, 2.24) is 5.32 Å². The van der Waals surface area contributed by atoms with E-state index in [1.807, 2.05) is 49.5 Å². The molecule has 5 heteroatoms. The molecule has 102 valence electrons. The molecule has 0 atom stereocenters. The number of nitrogens with one attached hydrogen (secondary N) is 1. The first-order chi connectivity index (χ1) is 8.70. The van der Waals surface area contributed by atoms with E-state index in [1.165, 1.54) is 5.56 Å². The molecular formula is C13H21NO4. The fraction of sp³-hybridized carbons (Fsp3) is 0.385. The van der Waals surface area contributed by atoms with Gasteiger partial charge in [-0.05, 0) is 5.56 Å². The zero-order valence-corrected chi connectivity index (χ0v) is 11.1. The summed E-state index contributed by atoms with van der Waals surface area (Å²) in [5.74, 6) is -1.04. The van der Waals surface area contributed by atoms with Crippen LogP contribution < -0.4 is 5.32 Å². The summed E-state index contributed by atoms with van der Waals surface area (Å²) in [6.45, 7) is 4.41. The molecule has 0 heterocycles. The predicted molar refractivity (Wildman–Crippen MR) is 70.2 cm³/mol. The minimum atomic E-state index is -1.04. The predicted octanol–water partition coefficient (Wildman–Crippen LogP) is 1.68. The Labute approximate surface area is 108 Å². The molecule has 5 nitrogen and oxygen atoms in total. The quantitative estimate of drug-likeness (QED) is 0.785. The number of carboxylic acids is 1. The van der Waals surface area contributed by atoms with Crippen molar-refractivity contribution in [2.45, 2.75) is 20.5 Å². The molecule has 0 aromatic heterocycles. The van der Waals surface area contributed by atoms with Crippen molar-refractivity contribution < 1.29 is 19.4 Å². The Bertz CT molecular complexity index is 301. The lowest BCUT2D eigenvalue weighted by Crippen LogP contribution is -2.20. The second-order valence-corrected chi connectivity index (χ2v) is 2.81. The third kappa shape index (κ3) is 14.1. The fourth-order valence-corrected chi connectivity index (χ4v) is 0.870. The van der Waals surface area contributed by atoms with Crippen LogP contribution in [0.4, 0.5) is 0 Å². The molecule has 0 saturated carbocycles. The highest BCUT2D eigenvalue weighted by atomic mass is 16.5. The Morgan fingerprint density at radius 1 is 1.33 bits per heavy atom. The van der Waals surface area contributed by atoms with E-state index >= 15 is 0 Å². The summed E-state index contributed by atoms with van der Waals surface area (Å²) in [7, 11) is 1.70. The van der Waals surface area contributed by atoms with E-state index in [-0.39, 0.29) is 6.54 Å². The minimum absolute atomic E-state index is 0.302. The van der Waals surface area contributed by atoms with Gasteiger partial charge in [0.05, 0.1) is 6.61 Å². The van der Waals surface area contributed by atoms with E-state index in [2.05, 4.69) is 0 Å². The van der Waals surface area contributed by atoms with E-state index in [1.54, 1.807) is 7.11 Å². The van der Waals surface area contributed by atoms with Crippen LogP contribution in [0.5, 0.6) is 0 Å². The molecule has 0 unspecified atom stereocenters. The topological polar surface area (TPSA) is 75.6 Å². The van der Waals surface area contributed by atoms with Crippen LogP contribution in [0.25, 0.3) is 0 Å². The Kier molecular flexibility index (Phi) is 15.5. The molecule has 0 aliphatic heterocycles. The third-order valence-corrected chi connectivity index (χ3v) is 1.49. The van der Waals surface area contributed by atoms with Crippen LogP contribution in [0.1, 0.15) is 19.4 Å². The number of carbonyl (C=O) groups is 2. The molecule has 0 fully saturated rings. The second-order valence-electron chi connectivity index (χ2n) is 2.81. The zero-order chi connectivity index (χ0) is 14.2. The molecule has 1 rings (SSSR count). The normalized spacial score (nSPS) is 7.94. The maximum atomic E-state index is 9.54. The SMILES string of the molecule is CC.COCc1ccccc1.O=CNCC(=O)O. The Balaban J connectivity index is 0. The third-order valence-electron chi connectivity index (χ3n) is 1.49. The lowest BCUT2D eigenvalue weighted by atomic mass is 10.2. The number of hydrogen-bond donors (Lipinski definition) is 2. The Morgan fingerprint density at radius 3 is 2.22 bits per heavy atom. The summed E-state index contributed by atoms with van der Waals surface area (Å²) in [5.41, 5.74) is 1.22. The maximum Gasteiger partial charge on any atom is 0.322 e. The van der Waals surface area contributed by atoms with Gasteiger partial charge in [-0.25, -0.2) is 0 Å².